The van der Waals surface area contributed by atoms with Crippen LogP contribution in [0.3, 0.4) is 0 Å². The van der Waals surface area contributed by atoms with Crippen LogP contribution >= 0.6 is 12.6 Å². The Morgan fingerprint density at radius 2 is 0.809 bits per heavy atom. The Hall–Kier alpha value is -1.28. The van der Waals surface area contributed by atoms with Gasteiger partial charge in [-0.1, -0.05) is 156 Å². The number of thiol groups is 1. The molecule has 0 aromatic carbocycles. The molecule has 2 atom stereocenters. The van der Waals surface area contributed by atoms with Crippen molar-refractivity contribution in [2.75, 3.05) is 39.1 Å². The Kier molecular flexibility index (Phi) is 38.2. The molecule has 0 aliphatic rings. The third-order valence-electron chi connectivity index (χ3n) is 9.03. The average molecular weight is 687 g/mol. The summed E-state index contributed by atoms with van der Waals surface area (Å²) >= 11 is 3.53. The number of esters is 2. The van der Waals surface area contributed by atoms with E-state index in [0.717, 1.165) is 77.0 Å². The molecule has 0 rings (SSSR count). The van der Waals surface area contributed by atoms with Crippen molar-refractivity contribution in [1.29, 1.82) is 0 Å². The Bertz CT molecular complexity index is 659. The van der Waals surface area contributed by atoms with Crippen molar-refractivity contribution >= 4 is 30.5 Å². The van der Waals surface area contributed by atoms with Gasteiger partial charge in [0.05, 0.1) is 31.5 Å². The molecule has 280 valence electrons. The molecule has 0 heterocycles. The third kappa shape index (κ3) is 29.4. The molecule has 0 aliphatic heterocycles. The molecule has 7 nitrogen and oxygen atoms in total. The highest BCUT2D eigenvalue weighted by Gasteiger charge is 2.22. The predicted molar refractivity (Wildman–Crippen MR) is 203 cm³/mol. The van der Waals surface area contributed by atoms with E-state index in [1.807, 2.05) is 0 Å². The number of carbonyl (C=O) groups excluding carboxylic acids is 3. The van der Waals surface area contributed by atoms with Crippen molar-refractivity contribution in [2.24, 2.45) is 17.6 Å². The minimum atomic E-state index is -0.231. The van der Waals surface area contributed by atoms with Gasteiger partial charge in [-0.25, -0.2) is 0 Å². The summed E-state index contributed by atoms with van der Waals surface area (Å²) in [5.41, 5.74) is 5.66. The molecular weight excluding hydrogens is 609 g/mol. The number of rotatable bonds is 33. The normalized spacial score (nSPS) is 12.1. The average Bonchev–Trinajstić information content (AvgIpc) is 3.09. The van der Waals surface area contributed by atoms with Crippen molar-refractivity contribution in [3.63, 3.8) is 0 Å². The molecular formula is C39H78N2O5S. The largest absolute Gasteiger partial charge is 0.464 e. The van der Waals surface area contributed by atoms with Gasteiger partial charge in [-0.3, -0.25) is 14.4 Å². The Morgan fingerprint density at radius 1 is 0.511 bits per heavy atom. The lowest BCUT2D eigenvalue weighted by atomic mass is 9.95. The van der Waals surface area contributed by atoms with Crippen molar-refractivity contribution < 1.29 is 23.9 Å². The van der Waals surface area contributed by atoms with Crippen molar-refractivity contribution in [3.05, 3.63) is 0 Å². The molecule has 0 fully saturated rings. The highest BCUT2D eigenvalue weighted by Crippen LogP contribution is 2.21. The fourth-order valence-corrected chi connectivity index (χ4v) is 5.95. The standard InChI is InChI=1S/C38H74N2O5.CH4S/c1-5-9-13-15-17-19-21-23-27-34(25-11-7-3)37(42)44-31-29-40(36(41)33-39)30-32-45-38(43)35(26-12-8-4)28-24-22-20-18-16-14-10-6-2;1-2/h34-35H,5-33,39H2,1-4H3;2H,1H3. The van der Waals surface area contributed by atoms with Gasteiger partial charge in [0.25, 0.3) is 0 Å². The van der Waals surface area contributed by atoms with Gasteiger partial charge in [-0.2, -0.15) is 12.6 Å². The lowest BCUT2D eigenvalue weighted by Gasteiger charge is -2.23. The van der Waals surface area contributed by atoms with Crippen LogP contribution < -0.4 is 5.73 Å². The number of nitrogens with two attached hydrogens (primary N) is 1. The second kappa shape index (κ2) is 37.5. The monoisotopic (exact) mass is 687 g/mol. The molecule has 0 saturated carbocycles. The number of nitrogens with zero attached hydrogens (tertiary/aromatic N) is 1. The zero-order valence-electron chi connectivity index (χ0n) is 31.7. The molecule has 0 aromatic heterocycles. The molecule has 0 saturated heterocycles. The van der Waals surface area contributed by atoms with E-state index in [1.54, 1.807) is 11.2 Å². The zero-order chi connectivity index (χ0) is 35.4. The first-order chi connectivity index (χ1) is 22.9. The summed E-state index contributed by atoms with van der Waals surface area (Å²) in [7, 11) is 0. The fourth-order valence-electron chi connectivity index (χ4n) is 5.95. The smallest absolute Gasteiger partial charge is 0.308 e. The van der Waals surface area contributed by atoms with Crippen LogP contribution in [0.2, 0.25) is 0 Å². The van der Waals surface area contributed by atoms with Gasteiger partial charge >= 0.3 is 11.9 Å². The molecule has 47 heavy (non-hydrogen) atoms. The molecule has 1 amide bonds. The van der Waals surface area contributed by atoms with E-state index in [2.05, 4.69) is 40.3 Å². The maximum atomic E-state index is 12.9. The summed E-state index contributed by atoms with van der Waals surface area (Å²) in [4.78, 5) is 39.9. The molecule has 2 N–H and O–H groups in total. The molecule has 0 aliphatic carbocycles. The molecule has 2 unspecified atom stereocenters. The van der Waals surface area contributed by atoms with Crippen LogP contribution in [0.5, 0.6) is 0 Å². The lowest BCUT2D eigenvalue weighted by molar-refractivity contribution is -0.152. The van der Waals surface area contributed by atoms with Gasteiger partial charge in [-0.05, 0) is 31.9 Å². The van der Waals surface area contributed by atoms with Crippen LogP contribution in [0.4, 0.5) is 0 Å². The van der Waals surface area contributed by atoms with Gasteiger partial charge < -0.3 is 20.1 Å². The van der Waals surface area contributed by atoms with E-state index in [1.165, 1.54) is 77.0 Å². The highest BCUT2D eigenvalue weighted by atomic mass is 32.1. The first-order valence-electron chi connectivity index (χ1n) is 19.7. The van der Waals surface area contributed by atoms with Crippen molar-refractivity contribution in [2.45, 2.75) is 182 Å². The third-order valence-corrected chi connectivity index (χ3v) is 9.03. The molecule has 0 bridgehead atoms. The van der Waals surface area contributed by atoms with Gasteiger partial charge in [0.2, 0.25) is 5.91 Å². The van der Waals surface area contributed by atoms with E-state index in [4.69, 9.17) is 15.2 Å². The molecule has 0 spiro atoms. The number of hydrogen-bond acceptors (Lipinski definition) is 7. The lowest BCUT2D eigenvalue weighted by Crippen LogP contribution is -2.41. The second-order valence-electron chi connectivity index (χ2n) is 13.1. The highest BCUT2D eigenvalue weighted by molar-refractivity contribution is 7.79. The van der Waals surface area contributed by atoms with Gasteiger partial charge in [0, 0.05) is 0 Å². The summed E-state index contributed by atoms with van der Waals surface area (Å²) in [6.07, 6.45) is 29.2. The van der Waals surface area contributed by atoms with Crippen molar-refractivity contribution in [1.82, 2.24) is 4.90 Å². The summed E-state index contributed by atoms with van der Waals surface area (Å²) in [6.45, 7) is 9.43. The number of unbranched alkanes of at least 4 members (excludes halogenated alkanes) is 16. The van der Waals surface area contributed by atoms with E-state index in [-0.39, 0.29) is 62.5 Å². The van der Waals surface area contributed by atoms with Crippen LogP contribution in [-0.4, -0.2) is 61.8 Å². The summed E-state index contributed by atoms with van der Waals surface area (Å²) in [5, 5.41) is 0. The van der Waals surface area contributed by atoms with Crippen LogP contribution in [0.15, 0.2) is 0 Å². The first kappa shape index (κ1) is 47.8. The van der Waals surface area contributed by atoms with Crippen molar-refractivity contribution in [3.8, 4) is 0 Å². The minimum Gasteiger partial charge on any atom is -0.464 e. The topological polar surface area (TPSA) is 98.9 Å². The number of hydrogen-bond donors (Lipinski definition) is 2. The Balaban J connectivity index is 0. The quantitative estimate of drug-likeness (QED) is 0.0405. The van der Waals surface area contributed by atoms with Crippen LogP contribution in [0, 0.1) is 11.8 Å². The van der Waals surface area contributed by atoms with Crippen LogP contribution in [-0.2, 0) is 23.9 Å². The molecule has 0 radical (unpaired) electrons. The van der Waals surface area contributed by atoms with Crippen LogP contribution in [0.25, 0.3) is 0 Å². The maximum Gasteiger partial charge on any atom is 0.308 e. The minimum absolute atomic E-state index is 0.0780. The second-order valence-corrected chi connectivity index (χ2v) is 13.1. The van der Waals surface area contributed by atoms with Gasteiger partial charge in [-0.15, -0.1) is 0 Å². The summed E-state index contributed by atoms with van der Waals surface area (Å²) in [6, 6.07) is 0. The number of carbonyl (C=O) groups is 3. The predicted octanol–water partition coefficient (Wildman–Crippen LogP) is 10.1. The van der Waals surface area contributed by atoms with Crippen LogP contribution in [0.1, 0.15) is 182 Å². The summed E-state index contributed by atoms with van der Waals surface area (Å²) < 4.78 is 11.3. The number of amides is 1. The maximum absolute atomic E-state index is 12.9. The van der Waals surface area contributed by atoms with E-state index in [0.29, 0.717) is 0 Å². The Morgan fingerprint density at radius 3 is 1.13 bits per heavy atom. The van der Waals surface area contributed by atoms with E-state index < -0.39 is 0 Å². The van der Waals surface area contributed by atoms with Gasteiger partial charge in [0.15, 0.2) is 0 Å². The van der Waals surface area contributed by atoms with E-state index in [9.17, 15) is 14.4 Å². The fraction of sp³-hybridized carbons (Fsp3) is 0.923. The van der Waals surface area contributed by atoms with E-state index >= 15 is 0 Å². The SMILES string of the molecule is CCCCCCCCCCC(CCCC)C(=O)OCCN(CCOC(=O)C(CCCC)CCCCCCCCCC)C(=O)CN.CS. The summed E-state index contributed by atoms with van der Waals surface area (Å²) in [5.74, 6) is -0.697. The zero-order valence-corrected chi connectivity index (χ0v) is 32.6. The first-order valence-corrected chi connectivity index (χ1v) is 20.6. The molecule has 8 heteroatoms. The molecule has 0 aromatic rings. The Labute approximate surface area is 297 Å². The van der Waals surface area contributed by atoms with Gasteiger partial charge in [0.1, 0.15) is 13.2 Å². The number of ether oxygens (including phenoxy) is 2.